The van der Waals surface area contributed by atoms with Gasteiger partial charge < -0.3 is 19.7 Å². The Hall–Kier alpha value is -1.60. The first-order valence-electron chi connectivity index (χ1n) is 7.79. The molecular weight excluding hydrogens is 392 g/mol. The van der Waals surface area contributed by atoms with Gasteiger partial charge in [-0.1, -0.05) is 6.92 Å². The van der Waals surface area contributed by atoms with Gasteiger partial charge in [0, 0.05) is 0 Å². The summed E-state index contributed by atoms with van der Waals surface area (Å²) in [6.45, 7) is 2.24. The van der Waals surface area contributed by atoms with E-state index in [1.807, 2.05) is 0 Å². The Morgan fingerprint density at radius 3 is 1.41 bits per heavy atom. The third-order valence-electron chi connectivity index (χ3n) is 4.28. The van der Waals surface area contributed by atoms with Gasteiger partial charge >= 0.3 is 24.3 Å². The van der Waals surface area contributed by atoms with E-state index in [1.54, 1.807) is 0 Å². The van der Waals surface area contributed by atoms with Gasteiger partial charge in [-0.3, -0.25) is 9.59 Å². The van der Waals surface area contributed by atoms with E-state index in [-0.39, 0.29) is 0 Å². The van der Waals surface area contributed by atoms with Crippen LogP contribution < -0.4 is 5.32 Å². The molecule has 1 heterocycles. The summed E-state index contributed by atoms with van der Waals surface area (Å²) in [5.41, 5.74) is -9.04. The number of piperidine rings is 1. The van der Waals surface area contributed by atoms with Crippen molar-refractivity contribution in [2.45, 2.75) is 44.6 Å². The molecule has 0 aromatic carbocycles. The van der Waals surface area contributed by atoms with Crippen LogP contribution in [0.15, 0.2) is 0 Å². The van der Waals surface area contributed by atoms with Crippen molar-refractivity contribution in [1.82, 2.24) is 5.32 Å². The summed E-state index contributed by atoms with van der Waals surface area (Å²) in [6.07, 6.45) is -11.7. The molecule has 1 rings (SSSR count). The molecule has 7 nitrogen and oxygen atoms in total. The topological polar surface area (TPSA) is 105 Å². The van der Waals surface area contributed by atoms with Crippen LogP contribution in [0, 0.1) is 17.8 Å². The maximum atomic E-state index is 13.4. The van der Waals surface area contributed by atoms with Gasteiger partial charge in [0.05, 0.1) is 13.2 Å². The summed E-state index contributed by atoms with van der Waals surface area (Å²) >= 11 is 0. The predicted octanol–water partition coefficient (Wildman–Crippen LogP) is 1.09. The SMILES string of the molecule is CCOC(=O)C1C(C)C(C(=O)OCC)C(O)(C(F)(F)F)NC1(O)C(F)(F)F. The van der Waals surface area contributed by atoms with Crippen LogP contribution in [0.4, 0.5) is 26.3 Å². The normalized spacial score (nSPS) is 34.9. The van der Waals surface area contributed by atoms with Crippen LogP contribution in [0.5, 0.6) is 0 Å². The van der Waals surface area contributed by atoms with Gasteiger partial charge in [0.15, 0.2) is 0 Å². The summed E-state index contributed by atoms with van der Waals surface area (Å²) in [5.74, 6) is -10.9. The fraction of sp³-hybridized carbons (Fsp3) is 0.857. The zero-order valence-electron chi connectivity index (χ0n) is 14.4. The highest BCUT2D eigenvalue weighted by Crippen LogP contribution is 2.52. The molecule has 13 heteroatoms. The van der Waals surface area contributed by atoms with E-state index in [0.717, 1.165) is 0 Å². The Kier molecular flexibility index (Phi) is 6.45. The van der Waals surface area contributed by atoms with E-state index in [1.165, 1.54) is 13.8 Å². The molecule has 1 aliphatic rings. The molecule has 0 aliphatic carbocycles. The molecule has 0 saturated carbocycles. The molecule has 1 aliphatic heterocycles. The molecule has 1 fully saturated rings. The van der Waals surface area contributed by atoms with Crippen molar-refractivity contribution in [3.63, 3.8) is 0 Å². The fourth-order valence-electron chi connectivity index (χ4n) is 3.13. The minimum absolute atomic E-state index is 0.441. The van der Waals surface area contributed by atoms with Crippen LogP contribution in [0.2, 0.25) is 0 Å². The molecule has 0 amide bonds. The average molecular weight is 411 g/mol. The van der Waals surface area contributed by atoms with Crippen LogP contribution in [-0.4, -0.2) is 59.2 Å². The van der Waals surface area contributed by atoms with Crippen LogP contribution in [0.1, 0.15) is 20.8 Å². The minimum Gasteiger partial charge on any atom is -0.466 e. The minimum atomic E-state index is -5.84. The molecule has 27 heavy (non-hydrogen) atoms. The summed E-state index contributed by atoms with van der Waals surface area (Å²) in [4.78, 5) is 24.0. The van der Waals surface area contributed by atoms with Gasteiger partial charge in [0.1, 0.15) is 11.8 Å². The lowest BCUT2D eigenvalue weighted by molar-refractivity contribution is -0.381. The zero-order chi connectivity index (χ0) is 21.4. The number of rotatable bonds is 4. The van der Waals surface area contributed by atoms with Crippen LogP contribution in [-0.2, 0) is 19.1 Å². The Morgan fingerprint density at radius 2 is 1.19 bits per heavy atom. The standard InChI is InChI=1S/C14H19F6NO6/c1-4-26-9(22)7-6(3)8(10(23)27-5-2)12(25,14(18,19)20)21-11(7,24)13(15,16)17/h6-8,21,24-25H,4-5H2,1-3H3. The Balaban J connectivity index is 3.68. The summed E-state index contributed by atoms with van der Waals surface area (Å²) < 4.78 is 89.5. The van der Waals surface area contributed by atoms with Crippen molar-refractivity contribution in [3.8, 4) is 0 Å². The second kappa shape index (κ2) is 7.43. The summed E-state index contributed by atoms with van der Waals surface area (Å²) in [7, 11) is 0. The van der Waals surface area contributed by atoms with Crippen molar-refractivity contribution >= 4 is 11.9 Å². The number of esters is 2. The lowest BCUT2D eigenvalue weighted by Crippen LogP contribution is -2.81. The molecular formula is C14H19F6NO6. The van der Waals surface area contributed by atoms with E-state index in [4.69, 9.17) is 0 Å². The number of halogens is 6. The lowest BCUT2D eigenvalue weighted by Gasteiger charge is -2.53. The quantitative estimate of drug-likeness (QED) is 0.470. The number of carbonyl (C=O) groups excluding carboxylic acids is 2. The molecule has 158 valence electrons. The van der Waals surface area contributed by atoms with Gasteiger partial charge in [0.25, 0.3) is 0 Å². The Morgan fingerprint density at radius 1 is 0.889 bits per heavy atom. The average Bonchev–Trinajstić information content (AvgIpc) is 2.44. The number of alkyl halides is 6. The second-order valence-corrected chi connectivity index (χ2v) is 5.97. The van der Waals surface area contributed by atoms with E-state index < -0.39 is 66.7 Å². The third kappa shape index (κ3) is 3.85. The Labute approximate surface area is 149 Å². The molecule has 4 unspecified atom stereocenters. The van der Waals surface area contributed by atoms with Crippen molar-refractivity contribution in [1.29, 1.82) is 0 Å². The number of hydrogen-bond donors (Lipinski definition) is 3. The van der Waals surface area contributed by atoms with Crippen molar-refractivity contribution in [3.05, 3.63) is 0 Å². The maximum Gasteiger partial charge on any atom is 0.431 e. The fourth-order valence-corrected chi connectivity index (χ4v) is 3.13. The largest absolute Gasteiger partial charge is 0.466 e. The first kappa shape index (κ1) is 23.4. The molecule has 0 radical (unpaired) electrons. The van der Waals surface area contributed by atoms with Crippen LogP contribution in [0.3, 0.4) is 0 Å². The smallest absolute Gasteiger partial charge is 0.431 e. The predicted molar refractivity (Wildman–Crippen MR) is 74.6 cm³/mol. The van der Waals surface area contributed by atoms with Crippen LogP contribution >= 0.6 is 0 Å². The number of aliphatic hydroxyl groups is 2. The molecule has 4 atom stereocenters. The van der Waals surface area contributed by atoms with E-state index in [0.29, 0.717) is 12.2 Å². The first-order chi connectivity index (χ1) is 12.1. The van der Waals surface area contributed by atoms with Crippen LogP contribution in [0.25, 0.3) is 0 Å². The van der Waals surface area contributed by atoms with E-state index in [9.17, 15) is 46.1 Å². The number of carbonyl (C=O) groups is 2. The summed E-state index contributed by atoms with van der Waals surface area (Å²) in [5, 5.41) is 20.7. The van der Waals surface area contributed by atoms with E-state index in [2.05, 4.69) is 9.47 Å². The zero-order valence-corrected chi connectivity index (χ0v) is 14.4. The molecule has 1 saturated heterocycles. The van der Waals surface area contributed by atoms with Crippen molar-refractivity contribution in [2.24, 2.45) is 17.8 Å². The summed E-state index contributed by atoms with van der Waals surface area (Å²) in [6, 6.07) is 0. The molecule has 0 aromatic heterocycles. The highest BCUT2D eigenvalue weighted by Gasteiger charge is 2.77. The monoisotopic (exact) mass is 411 g/mol. The molecule has 0 aromatic rings. The van der Waals surface area contributed by atoms with Gasteiger partial charge in [-0.05, 0) is 19.8 Å². The Bertz CT molecular complexity index is 533. The molecule has 0 spiro atoms. The maximum absolute atomic E-state index is 13.4. The van der Waals surface area contributed by atoms with Gasteiger partial charge in [0.2, 0.25) is 11.4 Å². The first-order valence-corrected chi connectivity index (χ1v) is 7.79. The van der Waals surface area contributed by atoms with Crippen molar-refractivity contribution in [2.75, 3.05) is 13.2 Å². The van der Waals surface area contributed by atoms with Gasteiger partial charge in [-0.2, -0.15) is 26.3 Å². The lowest BCUT2D eigenvalue weighted by atomic mass is 9.67. The van der Waals surface area contributed by atoms with Crippen molar-refractivity contribution < 1.29 is 55.6 Å². The number of nitrogens with one attached hydrogen (secondary N) is 1. The number of hydrogen-bond acceptors (Lipinski definition) is 7. The molecule has 3 N–H and O–H groups in total. The number of ether oxygens (including phenoxy) is 2. The highest BCUT2D eigenvalue weighted by atomic mass is 19.4. The second-order valence-electron chi connectivity index (χ2n) is 5.97. The molecule has 0 bridgehead atoms. The van der Waals surface area contributed by atoms with Gasteiger partial charge in [-0.25, -0.2) is 5.32 Å². The highest BCUT2D eigenvalue weighted by molar-refractivity contribution is 5.79. The van der Waals surface area contributed by atoms with Gasteiger partial charge in [-0.15, -0.1) is 0 Å². The third-order valence-corrected chi connectivity index (χ3v) is 4.28. The van der Waals surface area contributed by atoms with E-state index >= 15 is 0 Å².